The molecule has 0 saturated carbocycles. The number of aromatic nitrogens is 4. The Morgan fingerprint density at radius 2 is 1.62 bits per heavy atom. The SMILES string of the molecule is c1ccc(Oc2ccc(-n3c(Sc4nccs4)nnc3-c3cccs3)cc2)cc1. The summed E-state index contributed by atoms with van der Waals surface area (Å²) < 4.78 is 8.91. The minimum absolute atomic E-state index is 0.778. The van der Waals surface area contributed by atoms with E-state index in [0.717, 1.165) is 37.4 Å². The molecule has 2 aromatic carbocycles. The fourth-order valence-electron chi connectivity index (χ4n) is 2.76. The van der Waals surface area contributed by atoms with E-state index in [1.165, 1.54) is 11.8 Å². The first kappa shape index (κ1) is 18.1. The van der Waals surface area contributed by atoms with E-state index in [1.54, 1.807) is 28.9 Å². The van der Waals surface area contributed by atoms with Gasteiger partial charge in [0.05, 0.1) is 10.6 Å². The van der Waals surface area contributed by atoms with E-state index >= 15 is 0 Å². The third-order valence-electron chi connectivity index (χ3n) is 4.04. The molecule has 5 nitrogen and oxygen atoms in total. The van der Waals surface area contributed by atoms with Crippen LogP contribution >= 0.6 is 34.4 Å². The number of hydrogen-bond acceptors (Lipinski definition) is 7. The van der Waals surface area contributed by atoms with Gasteiger partial charge in [-0.3, -0.25) is 4.57 Å². The van der Waals surface area contributed by atoms with Crippen molar-refractivity contribution in [2.75, 3.05) is 0 Å². The summed E-state index contributed by atoms with van der Waals surface area (Å²) in [5, 5.41) is 13.7. The minimum atomic E-state index is 0.778. The van der Waals surface area contributed by atoms with Crippen molar-refractivity contribution in [1.82, 2.24) is 19.7 Å². The van der Waals surface area contributed by atoms with Gasteiger partial charge < -0.3 is 4.74 Å². The Morgan fingerprint density at radius 1 is 0.793 bits per heavy atom. The lowest BCUT2D eigenvalue weighted by molar-refractivity contribution is 0.482. The number of nitrogens with zero attached hydrogens (tertiary/aromatic N) is 4. The second-order valence-corrected chi connectivity index (χ2v) is 8.98. The Balaban J connectivity index is 1.51. The maximum Gasteiger partial charge on any atom is 0.203 e. The van der Waals surface area contributed by atoms with Gasteiger partial charge in [0.25, 0.3) is 0 Å². The fourth-order valence-corrected chi connectivity index (χ4v) is 5.04. The first-order valence-corrected chi connectivity index (χ1v) is 11.3. The Kier molecular flexibility index (Phi) is 5.12. The maximum atomic E-state index is 5.92. The Hall–Kier alpha value is -2.94. The summed E-state index contributed by atoms with van der Waals surface area (Å²) >= 11 is 4.74. The predicted octanol–water partition coefficient (Wildman–Crippen LogP) is 6.40. The van der Waals surface area contributed by atoms with Gasteiger partial charge in [-0.25, -0.2) is 4.98 Å². The highest BCUT2D eigenvalue weighted by molar-refractivity contribution is 8.00. The molecule has 0 saturated heterocycles. The van der Waals surface area contributed by atoms with Crippen molar-refractivity contribution >= 4 is 34.4 Å². The van der Waals surface area contributed by atoms with Gasteiger partial charge >= 0.3 is 0 Å². The van der Waals surface area contributed by atoms with Crippen LogP contribution < -0.4 is 4.74 Å². The number of hydrogen-bond donors (Lipinski definition) is 0. The molecule has 0 unspecified atom stereocenters. The number of ether oxygens (including phenoxy) is 1. The number of benzene rings is 2. The molecule has 142 valence electrons. The quantitative estimate of drug-likeness (QED) is 0.310. The topological polar surface area (TPSA) is 52.8 Å². The van der Waals surface area contributed by atoms with Crippen LogP contribution in [0.2, 0.25) is 0 Å². The fraction of sp³-hybridized carbons (Fsp3) is 0. The molecule has 0 fully saturated rings. The van der Waals surface area contributed by atoms with Gasteiger partial charge in [0.2, 0.25) is 5.16 Å². The normalized spacial score (nSPS) is 10.9. The van der Waals surface area contributed by atoms with Crippen molar-refractivity contribution in [3.8, 4) is 27.9 Å². The van der Waals surface area contributed by atoms with Crippen LogP contribution in [0.1, 0.15) is 0 Å². The molecule has 0 aliphatic rings. The van der Waals surface area contributed by atoms with Crippen LogP contribution in [0, 0.1) is 0 Å². The van der Waals surface area contributed by atoms with Gasteiger partial charge in [0.1, 0.15) is 11.5 Å². The van der Waals surface area contributed by atoms with Crippen molar-refractivity contribution in [3.05, 3.63) is 83.7 Å². The maximum absolute atomic E-state index is 5.92. The molecule has 0 bridgehead atoms. The van der Waals surface area contributed by atoms with Crippen molar-refractivity contribution in [3.63, 3.8) is 0 Å². The molecule has 3 heterocycles. The number of thiophene rings is 1. The Labute approximate surface area is 179 Å². The lowest BCUT2D eigenvalue weighted by Gasteiger charge is -2.10. The highest BCUT2D eigenvalue weighted by Crippen LogP contribution is 2.35. The average molecular weight is 435 g/mol. The molecule has 0 aliphatic carbocycles. The van der Waals surface area contributed by atoms with Crippen molar-refractivity contribution in [2.45, 2.75) is 9.50 Å². The molecule has 5 aromatic rings. The molecular weight excluding hydrogens is 420 g/mol. The van der Waals surface area contributed by atoms with Crippen LogP contribution in [0.4, 0.5) is 0 Å². The predicted molar refractivity (Wildman–Crippen MR) is 117 cm³/mol. The van der Waals surface area contributed by atoms with E-state index in [1.807, 2.05) is 71.4 Å². The van der Waals surface area contributed by atoms with E-state index in [-0.39, 0.29) is 0 Å². The summed E-state index contributed by atoms with van der Waals surface area (Å²) in [6.45, 7) is 0. The van der Waals surface area contributed by atoms with E-state index < -0.39 is 0 Å². The van der Waals surface area contributed by atoms with Gasteiger partial charge in [-0.05, 0) is 59.6 Å². The van der Waals surface area contributed by atoms with Crippen LogP contribution in [0.25, 0.3) is 16.4 Å². The monoisotopic (exact) mass is 434 g/mol. The van der Waals surface area contributed by atoms with Gasteiger partial charge in [0, 0.05) is 11.6 Å². The van der Waals surface area contributed by atoms with Crippen molar-refractivity contribution < 1.29 is 4.74 Å². The number of rotatable bonds is 6. The lowest BCUT2D eigenvalue weighted by atomic mass is 10.3. The van der Waals surface area contributed by atoms with Crippen LogP contribution in [0.3, 0.4) is 0 Å². The van der Waals surface area contributed by atoms with Crippen LogP contribution in [-0.4, -0.2) is 19.7 Å². The third-order valence-corrected chi connectivity index (χ3v) is 6.73. The smallest absolute Gasteiger partial charge is 0.203 e. The summed E-state index contributed by atoms with van der Waals surface area (Å²) in [6.07, 6.45) is 1.80. The van der Waals surface area contributed by atoms with E-state index in [2.05, 4.69) is 25.8 Å². The zero-order valence-electron chi connectivity index (χ0n) is 15.0. The zero-order chi connectivity index (χ0) is 19.5. The molecule has 3 aromatic heterocycles. The highest BCUT2D eigenvalue weighted by Gasteiger charge is 2.18. The molecule has 0 atom stereocenters. The molecular formula is C21H14N4OS3. The average Bonchev–Trinajstić information content (AvgIpc) is 3.52. The molecule has 0 N–H and O–H groups in total. The number of thiazole rings is 1. The van der Waals surface area contributed by atoms with Crippen molar-refractivity contribution in [1.29, 1.82) is 0 Å². The first-order valence-electron chi connectivity index (χ1n) is 8.77. The van der Waals surface area contributed by atoms with Crippen LogP contribution in [-0.2, 0) is 0 Å². The Bertz CT molecular complexity index is 1180. The summed E-state index contributed by atoms with van der Waals surface area (Å²) in [7, 11) is 0. The molecule has 0 radical (unpaired) electrons. The van der Waals surface area contributed by atoms with E-state index in [0.29, 0.717) is 0 Å². The molecule has 29 heavy (non-hydrogen) atoms. The van der Waals surface area contributed by atoms with Crippen LogP contribution in [0.15, 0.2) is 93.2 Å². The molecule has 8 heteroatoms. The molecule has 0 amide bonds. The van der Waals surface area contributed by atoms with Gasteiger partial charge in [-0.1, -0.05) is 24.3 Å². The first-order chi connectivity index (χ1) is 14.4. The summed E-state index contributed by atoms with van der Waals surface area (Å²) in [4.78, 5) is 5.43. The largest absolute Gasteiger partial charge is 0.457 e. The Morgan fingerprint density at radius 3 is 2.34 bits per heavy atom. The second kappa shape index (κ2) is 8.20. The van der Waals surface area contributed by atoms with Crippen molar-refractivity contribution in [2.24, 2.45) is 0 Å². The second-order valence-electron chi connectivity index (χ2n) is 5.93. The highest BCUT2D eigenvalue weighted by atomic mass is 32.2. The molecule has 0 spiro atoms. The van der Waals surface area contributed by atoms with Crippen LogP contribution in [0.5, 0.6) is 11.5 Å². The third kappa shape index (κ3) is 3.95. The van der Waals surface area contributed by atoms with Gasteiger partial charge in [-0.2, -0.15) is 0 Å². The standard InChI is InChI=1S/C21H14N4OS3/c1-2-5-16(6-3-1)26-17-10-8-15(9-11-17)25-19(18-7-4-13-27-18)23-24-20(25)29-21-22-12-14-28-21/h1-14H. The van der Waals surface area contributed by atoms with E-state index in [9.17, 15) is 0 Å². The molecule has 5 rings (SSSR count). The summed E-state index contributed by atoms with van der Waals surface area (Å²) in [6, 6.07) is 21.8. The van der Waals surface area contributed by atoms with Gasteiger partial charge in [-0.15, -0.1) is 32.9 Å². The summed E-state index contributed by atoms with van der Waals surface area (Å²) in [5.41, 5.74) is 0.970. The molecule has 0 aliphatic heterocycles. The van der Waals surface area contributed by atoms with E-state index in [4.69, 9.17) is 4.74 Å². The lowest BCUT2D eigenvalue weighted by Crippen LogP contribution is -1.98. The van der Waals surface area contributed by atoms with Gasteiger partial charge in [0.15, 0.2) is 10.2 Å². The zero-order valence-corrected chi connectivity index (χ0v) is 17.5. The summed E-state index contributed by atoms with van der Waals surface area (Å²) in [5.74, 6) is 2.40. The minimum Gasteiger partial charge on any atom is -0.457 e. The number of para-hydroxylation sites is 1.